The van der Waals surface area contributed by atoms with Gasteiger partial charge in [-0.15, -0.1) is 0 Å². The van der Waals surface area contributed by atoms with E-state index >= 15 is 0 Å². The number of hydrogen-bond donors (Lipinski definition) is 2. The van der Waals surface area contributed by atoms with Crippen LogP contribution in [0.15, 0.2) is 29.0 Å². The van der Waals surface area contributed by atoms with E-state index < -0.39 is 11.3 Å². The van der Waals surface area contributed by atoms with Crippen LogP contribution in [0.2, 0.25) is 0 Å². The molecule has 3 aromatic heterocycles. The fourth-order valence-electron chi connectivity index (χ4n) is 4.63. The zero-order valence-electron chi connectivity index (χ0n) is 18.5. The Labute approximate surface area is 190 Å². The second-order valence-electron chi connectivity index (χ2n) is 9.01. The van der Waals surface area contributed by atoms with E-state index in [-0.39, 0.29) is 23.4 Å². The van der Waals surface area contributed by atoms with Crippen molar-refractivity contribution in [2.24, 2.45) is 17.1 Å². The summed E-state index contributed by atoms with van der Waals surface area (Å²) in [5.74, 6) is 0.0863. The van der Waals surface area contributed by atoms with Crippen molar-refractivity contribution < 1.29 is 14.1 Å². The summed E-state index contributed by atoms with van der Waals surface area (Å²) < 4.78 is 7.04. The monoisotopic (exact) mass is 447 g/mol. The summed E-state index contributed by atoms with van der Waals surface area (Å²) in [6.07, 6.45) is 5.34. The van der Waals surface area contributed by atoms with Crippen LogP contribution in [0.25, 0.3) is 16.8 Å². The molecule has 0 aromatic carbocycles. The fraction of sp³-hybridized carbons (Fsp3) is 0.435. The smallest absolute Gasteiger partial charge is 0.252 e. The number of nitrogens with one attached hydrogen (secondary N) is 1. The standard InChI is InChI=1S/C23H25N7O3/c1-3-14-9-29(22(32)23(12-24)4-5-23)11-17(14)27-20-16(21(25)31)8-26-30-10-15(7-18(20)30)19-6-13(2)28-33-19/h6-8,10,14,17,27H,3-5,9,11H2,1-2H3,(H2,25,31)/t14-,17-/m1/s1. The van der Waals surface area contributed by atoms with Crippen LogP contribution < -0.4 is 11.1 Å². The van der Waals surface area contributed by atoms with Gasteiger partial charge in [0.05, 0.1) is 34.7 Å². The Morgan fingerprint density at radius 3 is 2.76 bits per heavy atom. The molecule has 1 aliphatic heterocycles. The lowest BCUT2D eigenvalue weighted by molar-refractivity contribution is -0.134. The quantitative estimate of drug-likeness (QED) is 0.590. The minimum absolute atomic E-state index is 0.0894. The molecule has 2 amide bonds. The highest BCUT2D eigenvalue weighted by atomic mass is 16.5. The lowest BCUT2D eigenvalue weighted by Gasteiger charge is -2.22. The number of aryl methyl sites for hydroxylation is 1. The second kappa shape index (κ2) is 7.62. The van der Waals surface area contributed by atoms with Crippen LogP contribution in [0.3, 0.4) is 0 Å². The Balaban J connectivity index is 1.49. The van der Waals surface area contributed by atoms with Crippen molar-refractivity contribution in [3.8, 4) is 17.4 Å². The van der Waals surface area contributed by atoms with Crippen LogP contribution in [-0.2, 0) is 4.79 Å². The minimum Gasteiger partial charge on any atom is -0.378 e. The molecule has 0 radical (unpaired) electrons. The Bertz CT molecular complexity index is 1300. The van der Waals surface area contributed by atoms with Crippen LogP contribution >= 0.6 is 0 Å². The predicted molar refractivity (Wildman–Crippen MR) is 119 cm³/mol. The molecule has 3 aromatic rings. The highest BCUT2D eigenvalue weighted by Gasteiger charge is 2.54. The Morgan fingerprint density at radius 2 is 2.15 bits per heavy atom. The molecule has 10 nitrogen and oxygen atoms in total. The lowest BCUT2D eigenvalue weighted by Crippen LogP contribution is -2.36. The average molecular weight is 447 g/mol. The minimum atomic E-state index is -0.846. The Morgan fingerprint density at radius 1 is 1.36 bits per heavy atom. The van der Waals surface area contributed by atoms with Crippen molar-refractivity contribution in [2.75, 3.05) is 18.4 Å². The first kappa shape index (κ1) is 21.0. The zero-order valence-corrected chi connectivity index (χ0v) is 18.5. The number of nitrogens with two attached hydrogens (primary N) is 1. The average Bonchev–Trinajstić information content (AvgIpc) is 3.11. The number of amides is 2. The maximum atomic E-state index is 12.9. The van der Waals surface area contributed by atoms with Crippen molar-refractivity contribution >= 4 is 23.0 Å². The topological polar surface area (TPSA) is 143 Å². The van der Waals surface area contributed by atoms with Gasteiger partial charge in [-0.05, 0) is 38.2 Å². The van der Waals surface area contributed by atoms with Crippen molar-refractivity contribution in [2.45, 2.75) is 39.2 Å². The Kier molecular flexibility index (Phi) is 4.85. The molecule has 2 aliphatic rings. The summed E-state index contributed by atoms with van der Waals surface area (Å²) in [4.78, 5) is 26.9. The van der Waals surface area contributed by atoms with Crippen molar-refractivity contribution in [1.82, 2.24) is 19.7 Å². The van der Waals surface area contributed by atoms with Crippen LogP contribution in [-0.4, -0.2) is 50.6 Å². The third-order valence-corrected chi connectivity index (χ3v) is 6.77. The molecule has 33 heavy (non-hydrogen) atoms. The number of carbonyl (C=O) groups excluding carboxylic acids is 2. The number of anilines is 1. The number of nitrogens with zero attached hydrogens (tertiary/aromatic N) is 5. The molecule has 0 unspecified atom stereocenters. The number of carbonyl (C=O) groups is 2. The fourth-order valence-corrected chi connectivity index (χ4v) is 4.63. The number of hydrogen-bond acceptors (Lipinski definition) is 7. The van der Waals surface area contributed by atoms with Crippen LogP contribution in [0, 0.1) is 29.6 Å². The van der Waals surface area contributed by atoms with Gasteiger partial charge in [-0.2, -0.15) is 10.4 Å². The third kappa shape index (κ3) is 3.50. The maximum Gasteiger partial charge on any atom is 0.252 e. The van der Waals surface area contributed by atoms with Gasteiger partial charge >= 0.3 is 0 Å². The van der Waals surface area contributed by atoms with Gasteiger partial charge in [0, 0.05) is 37.0 Å². The summed E-state index contributed by atoms with van der Waals surface area (Å²) in [5, 5.41) is 21.2. The third-order valence-electron chi connectivity index (χ3n) is 6.77. The molecular formula is C23H25N7O3. The molecule has 5 rings (SSSR count). The normalized spacial score (nSPS) is 21.2. The molecule has 1 saturated heterocycles. The van der Waals surface area contributed by atoms with Crippen LogP contribution in [0.5, 0.6) is 0 Å². The summed E-state index contributed by atoms with van der Waals surface area (Å²) in [7, 11) is 0. The number of fused-ring (bicyclic) bond motifs is 1. The number of nitriles is 1. The predicted octanol–water partition coefficient (Wildman–Crippen LogP) is 2.35. The van der Waals surface area contributed by atoms with Gasteiger partial charge in [-0.3, -0.25) is 9.59 Å². The van der Waals surface area contributed by atoms with Gasteiger partial charge in [0.1, 0.15) is 5.41 Å². The largest absolute Gasteiger partial charge is 0.378 e. The molecule has 0 spiro atoms. The van der Waals surface area contributed by atoms with E-state index in [0.29, 0.717) is 42.9 Å². The van der Waals surface area contributed by atoms with E-state index in [1.807, 2.05) is 19.1 Å². The molecule has 1 saturated carbocycles. The molecule has 3 N–H and O–H groups in total. The van der Waals surface area contributed by atoms with Crippen LogP contribution in [0.1, 0.15) is 42.2 Å². The SMILES string of the molecule is CC[C@@H]1CN(C(=O)C2(C#N)CC2)C[C@H]1Nc1c(C(N)=O)cnn2cc(-c3cc(C)no3)cc12. The highest BCUT2D eigenvalue weighted by Crippen LogP contribution is 2.47. The number of aromatic nitrogens is 3. The summed E-state index contributed by atoms with van der Waals surface area (Å²) in [6.45, 7) is 4.95. The highest BCUT2D eigenvalue weighted by molar-refractivity contribution is 6.02. The zero-order chi connectivity index (χ0) is 23.3. The van der Waals surface area contributed by atoms with Gasteiger partial charge in [0.25, 0.3) is 5.91 Å². The number of primary amides is 1. The van der Waals surface area contributed by atoms with E-state index in [4.69, 9.17) is 10.3 Å². The number of likely N-dealkylation sites (tertiary alicyclic amines) is 1. The first-order valence-electron chi connectivity index (χ1n) is 11.1. The van der Waals surface area contributed by atoms with E-state index in [9.17, 15) is 14.9 Å². The summed E-state index contributed by atoms with van der Waals surface area (Å²) >= 11 is 0. The van der Waals surface area contributed by atoms with Gasteiger partial charge in [0.15, 0.2) is 5.76 Å². The molecular weight excluding hydrogens is 422 g/mol. The van der Waals surface area contributed by atoms with Gasteiger partial charge in [0.2, 0.25) is 5.91 Å². The lowest BCUT2D eigenvalue weighted by atomic mass is 10.00. The van der Waals surface area contributed by atoms with Crippen LogP contribution in [0.4, 0.5) is 5.69 Å². The molecule has 0 bridgehead atoms. The molecule has 170 valence electrons. The van der Waals surface area contributed by atoms with Gasteiger partial charge in [-0.25, -0.2) is 4.52 Å². The van der Waals surface area contributed by atoms with E-state index in [1.165, 1.54) is 6.20 Å². The first-order chi connectivity index (χ1) is 15.8. The second-order valence-corrected chi connectivity index (χ2v) is 9.01. The summed E-state index contributed by atoms with van der Waals surface area (Å²) in [5.41, 5.74) is 7.87. The summed E-state index contributed by atoms with van der Waals surface area (Å²) in [6, 6.07) is 5.80. The molecule has 2 atom stereocenters. The number of rotatable bonds is 6. The maximum absolute atomic E-state index is 12.9. The van der Waals surface area contributed by atoms with Crippen molar-refractivity contribution in [3.63, 3.8) is 0 Å². The van der Waals surface area contributed by atoms with Crippen molar-refractivity contribution in [1.29, 1.82) is 5.26 Å². The molecule has 1 aliphatic carbocycles. The van der Waals surface area contributed by atoms with Crippen molar-refractivity contribution in [3.05, 3.63) is 35.8 Å². The van der Waals surface area contributed by atoms with Gasteiger partial charge < -0.3 is 20.5 Å². The van der Waals surface area contributed by atoms with E-state index in [2.05, 4.69) is 28.6 Å². The molecule has 4 heterocycles. The van der Waals surface area contributed by atoms with E-state index in [0.717, 1.165) is 17.7 Å². The molecule has 10 heteroatoms. The van der Waals surface area contributed by atoms with Gasteiger partial charge in [-0.1, -0.05) is 12.1 Å². The molecule has 2 fully saturated rings. The van der Waals surface area contributed by atoms with E-state index in [1.54, 1.807) is 15.6 Å². The Hall–Kier alpha value is -3.87. The first-order valence-corrected chi connectivity index (χ1v) is 11.1.